The first-order valence-electron chi connectivity index (χ1n) is 12.4. The highest BCUT2D eigenvalue weighted by Crippen LogP contribution is 2.34. The summed E-state index contributed by atoms with van der Waals surface area (Å²) in [6.07, 6.45) is 0.154. The van der Waals surface area contributed by atoms with Crippen LogP contribution in [-0.4, -0.2) is 41.0 Å². The van der Waals surface area contributed by atoms with Crippen LogP contribution in [0.25, 0.3) is 0 Å². The Bertz CT molecular complexity index is 1040. The summed E-state index contributed by atoms with van der Waals surface area (Å²) in [5.41, 5.74) is 1.47. The molecule has 200 valence electrons. The monoisotopic (exact) mass is 623 g/mol. The summed E-state index contributed by atoms with van der Waals surface area (Å²) in [7, 11) is 0. The summed E-state index contributed by atoms with van der Waals surface area (Å²) in [4.78, 5) is 12.7. The molecular weight excluding hydrogens is 588 g/mol. The van der Waals surface area contributed by atoms with Crippen LogP contribution in [0.3, 0.4) is 0 Å². The maximum absolute atomic E-state index is 13.8. The Kier molecular flexibility index (Phi) is 10.8. The molecular formula is C29H35FINO5. The van der Waals surface area contributed by atoms with E-state index < -0.39 is 18.3 Å². The molecule has 4 unspecified atom stereocenters. The molecule has 6 nitrogen and oxygen atoms in total. The van der Waals surface area contributed by atoms with Crippen LogP contribution < -0.4 is 14.8 Å². The van der Waals surface area contributed by atoms with E-state index in [9.17, 15) is 19.4 Å². The van der Waals surface area contributed by atoms with Gasteiger partial charge in [0.2, 0.25) is 5.91 Å². The number of hydrogen-bond donors (Lipinski definition) is 3. The van der Waals surface area contributed by atoms with E-state index in [0.717, 1.165) is 15.6 Å². The third-order valence-corrected chi connectivity index (χ3v) is 7.00. The fraction of sp³-hybridized carbons (Fsp3) is 0.414. The third kappa shape index (κ3) is 9.03. The van der Waals surface area contributed by atoms with E-state index in [4.69, 9.17) is 9.47 Å². The quantitative estimate of drug-likeness (QED) is 0.183. The Morgan fingerprint density at radius 1 is 1.14 bits per heavy atom. The standard InChI is InChI=1S/C29H35FINO5/c1-18(2)29(19(3)31)37-25-10-5-21(6-11-25)28(35)26(17-20-4-7-22(30)16-20)32-27(34)14-15-36-24-12-8-23(33)9-13-24/h5-6,8-13,20,22,26,28-29,33,35H,1,3-4,7,14-17H2,2H3,(H,32,34)/t20?,22?,26-,28?,29?/m1/s1. The molecule has 3 rings (SSSR count). The molecule has 3 N–H and O–H groups in total. The number of ether oxygens (including phenoxy) is 2. The molecule has 2 aromatic rings. The number of nitrogens with one attached hydrogen (secondary N) is 1. The highest BCUT2D eigenvalue weighted by Gasteiger charge is 2.31. The minimum absolute atomic E-state index is 0.0930. The Morgan fingerprint density at radius 3 is 2.35 bits per heavy atom. The van der Waals surface area contributed by atoms with Crippen molar-refractivity contribution < 1.29 is 28.9 Å². The number of aliphatic hydroxyl groups excluding tert-OH is 1. The second-order valence-corrected chi connectivity index (χ2v) is 11.0. The van der Waals surface area contributed by atoms with Gasteiger partial charge in [-0.3, -0.25) is 4.79 Å². The van der Waals surface area contributed by atoms with E-state index in [-0.39, 0.29) is 36.7 Å². The molecule has 1 aliphatic rings. The second-order valence-electron chi connectivity index (χ2n) is 9.58. The summed E-state index contributed by atoms with van der Waals surface area (Å²) < 4.78 is 26.2. The van der Waals surface area contributed by atoms with Gasteiger partial charge in [-0.25, -0.2) is 4.39 Å². The highest BCUT2D eigenvalue weighted by atomic mass is 127. The molecule has 2 aromatic carbocycles. The van der Waals surface area contributed by atoms with Crippen LogP contribution >= 0.6 is 22.6 Å². The van der Waals surface area contributed by atoms with Gasteiger partial charge in [-0.05, 0) is 109 Å². The number of hydrogen-bond acceptors (Lipinski definition) is 5. The first kappa shape index (κ1) is 29.0. The van der Waals surface area contributed by atoms with Gasteiger partial charge in [-0.1, -0.05) is 25.3 Å². The van der Waals surface area contributed by atoms with Gasteiger partial charge in [0, 0.05) is 3.58 Å². The Hall–Kier alpha value is -2.59. The molecule has 1 fully saturated rings. The number of halogens is 2. The number of benzene rings is 2. The van der Waals surface area contributed by atoms with Crippen molar-refractivity contribution in [2.24, 2.45) is 5.92 Å². The lowest BCUT2D eigenvalue weighted by Gasteiger charge is -2.27. The average Bonchev–Trinajstić information content (AvgIpc) is 3.27. The second kappa shape index (κ2) is 13.8. The molecule has 5 atom stereocenters. The number of aromatic hydroxyl groups is 1. The van der Waals surface area contributed by atoms with E-state index in [2.05, 4.69) is 41.1 Å². The molecule has 0 heterocycles. The van der Waals surface area contributed by atoms with Crippen LogP contribution in [0.5, 0.6) is 17.2 Å². The number of alkyl halides is 1. The van der Waals surface area contributed by atoms with Gasteiger partial charge in [-0.2, -0.15) is 0 Å². The molecule has 1 amide bonds. The van der Waals surface area contributed by atoms with Gasteiger partial charge in [0.15, 0.2) is 0 Å². The van der Waals surface area contributed by atoms with Gasteiger partial charge in [-0.15, -0.1) is 0 Å². The fourth-order valence-electron chi connectivity index (χ4n) is 4.48. The highest BCUT2D eigenvalue weighted by molar-refractivity contribution is 14.1. The summed E-state index contributed by atoms with van der Waals surface area (Å²) in [5, 5.41) is 23.5. The number of phenolic OH excluding ortho intramolecular Hbond substituents is 1. The predicted molar refractivity (Wildman–Crippen MR) is 151 cm³/mol. The lowest BCUT2D eigenvalue weighted by atomic mass is 9.91. The average molecular weight is 624 g/mol. The van der Waals surface area contributed by atoms with Gasteiger partial charge in [0.25, 0.3) is 0 Å². The SMILES string of the molecule is C=C(C)C(Oc1ccc(C(O)[C@@H](CC2CCC(F)C2)NC(=O)CCOc2ccc(O)cc2)cc1)C(=C)I. The number of amides is 1. The Morgan fingerprint density at radius 2 is 1.78 bits per heavy atom. The van der Waals surface area contributed by atoms with Crippen LogP contribution in [0, 0.1) is 5.92 Å². The Labute approximate surface area is 231 Å². The maximum atomic E-state index is 13.8. The number of carbonyl (C=O) groups is 1. The predicted octanol–water partition coefficient (Wildman–Crippen LogP) is 6.18. The Balaban J connectivity index is 1.63. The third-order valence-electron chi connectivity index (χ3n) is 6.43. The van der Waals surface area contributed by atoms with Crippen molar-refractivity contribution in [1.82, 2.24) is 5.32 Å². The van der Waals surface area contributed by atoms with Crippen molar-refractivity contribution in [3.63, 3.8) is 0 Å². The van der Waals surface area contributed by atoms with Crippen LogP contribution in [0.2, 0.25) is 0 Å². The summed E-state index contributed by atoms with van der Waals surface area (Å²) >= 11 is 2.12. The number of phenols is 1. The van der Waals surface area contributed by atoms with E-state index in [1.807, 2.05) is 6.92 Å². The molecule has 0 aromatic heterocycles. The van der Waals surface area contributed by atoms with Crippen LogP contribution in [0.15, 0.2) is 70.8 Å². The van der Waals surface area contributed by atoms with E-state index >= 15 is 0 Å². The van der Waals surface area contributed by atoms with Crippen molar-refractivity contribution in [3.05, 3.63) is 76.4 Å². The largest absolute Gasteiger partial charge is 0.508 e. The van der Waals surface area contributed by atoms with Crippen molar-refractivity contribution in [3.8, 4) is 17.2 Å². The van der Waals surface area contributed by atoms with Crippen LogP contribution in [0.4, 0.5) is 4.39 Å². The number of carbonyl (C=O) groups excluding carboxylic acids is 1. The minimum Gasteiger partial charge on any atom is -0.508 e. The van der Waals surface area contributed by atoms with Crippen molar-refractivity contribution in [1.29, 1.82) is 0 Å². The molecule has 0 aliphatic heterocycles. The van der Waals surface area contributed by atoms with Crippen molar-refractivity contribution in [2.75, 3.05) is 6.61 Å². The summed E-state index contributed by atoms with van der Waals surface area (Å²) in [6.45, 7) is 9.91. The lowest BCUT2D eigenvalue weighted by Crippen LogP contribution is -2.41. The first-order chi connectivity index (χ1) is 17.6. The zero-order valence-corrected chi connectivity index (χ0v) is 23.2. The topological polar surface area (TPSA) is 88.0 Å². The lowest BCUT2D eigenvalue weighted by molar-refractivity contribution is -0.123. The van der Waals surface area contributed by atoms with Gasteiger partial charge < -0.3 is 25.0 Å². The van der Waals surface area contributed by atoms with Crippen LogP contribution in [0.1, 0.15) is 50.7 Å². The molecule has 8 heteroatoms. The molecule has 1 aliphatic carbocycles. The number of rotatable bonds is 13. The zero-order valence-electron chi connectivity index (χ0n) is 21.0. The minimum atomic E-state index is -0.967. The summed E-state index contributed by atoms with van der Waals surface area (Å²) in [5.74, 6) is 1.13. The normalized spacial score (nSPS) is 19.5. The van der Waals surface area contributed by atoms with Gasteiger partial charge in [0.1, 0.15) is 29.5 Å². The smallest absolute Gasteiger partial charge is 0.223 e. The summed E-state index contributed by atoms with van der Waals surface area (Å²) in [6, 6.07) is 12.8. The van der Waals surface area contributed by atoms with Gasteiger partial charge in [0.05, 0.1) is 25.2 Å². The first-order valence-corrected chi connectivity index (χ1v) is 13.5. The van der Waals surface area contributed by atoms with Crippen molar-refractivity contribution in [2.45, 2.75) is 63.4 Å². The van der Waals surface area contributed by atoms with E-state index in [1.165, 1.54) is 12.1 Å². The fourth-order valence-corrected chi connectivity index (χ4v) is 5.14. The molecule has 37 heavy (non-hydrogen) atoms. The van der Waals surface area contributed by atoms with Gasteiger partial charge >= 0.3 is 0 Å². The molecule has 0 spiro atoms. The maximum Gasteiger partial charge on any atom is 0.223 e. The molecule has 0 saturated heterocycles. The van der Waals surface area contributed by atoms with Crippen LogP contribution in [-0.2, 0) is 4.79 Å². The molecule has 0 radical (unpaired) electrons. The van der Waals surface area contributed by atoms with E-state index in [1.54, 1.807) is 36.4 Å². The molecule has 0 bridgehead atoms. The molecule has 1 saturated carbocycles. The van der Waals surface area contributed by atoms with Crippen molar-refractivity contribution >= 4 is 28.5 Å². The van der Waals surface area contributed by atoms with E-state index in [0.29, 0.717) is 36.3 Å². The number of aliphatic hydroxyl groups is 1. The zero-order chi connectivity index (χ0) is 26.9.